The van der Waals surface area contributed by atoms with Crippen molar-refractivity contribution in [2.45, 2.75) is 0 Å². The van der Waals surface area contributed by atoms with Crippen LogP contribution in [-0.2, 0) is 0 Å². The molecule has 0 amide bonds. The first-order valence-corrected chi connectivity index (χ1v) is 3.18. The minimum absolute atomic E-state index is 0.363. The van der Waals surface area contributed by atoms with Gasteiger partial charge in [-0.15, -0.1) is 0 Å². The molecule has 0 atom stereocenters. The van der Waals surface area contributed by atoms with Crippen LogP contribution >= 0.6 is 0 Å². The summed E-state index contributed by atoms with van der Waals surface area (Å²) in [4.78, 5) is 10.7. The highest BCUT2D eigenvalue weighted by molar-refractivity contribution is 5.97. The van der Waals surface area contributed by atoms with Gasteiger partial charge < -0.3 is 5.73 Å². The maximum atomic E-state index is 11.8. The summed E-state index contributed by atoms with van der Waals surface area (Å²) in [5.74, 6) is -0.509. The van der Waals surface area contributed by atoms with E-state index in [1.165, 1.54) is 12.1 Å². The lowest BCUT2D eigenvalue weighted by Crippen LogP contribution is -2.00. The third-order valence-corrected chi connectivity index (χ3v) is 1.35. The average molecular weight is 153 g/mol. The summed E-state index contributed by atoms with van der Waals surface area (Å²) in [6, 6.07) is 6.17. The van der Waals surface area contributed by atoms with E-state index in [2.05, 4.69) is 0 Å². The molecule has 0 aliphatic carbocycles. The van der Waals surface area contributed by atoms with E-state index in [1.807, 2.05) is 0 Å². The molecule has 1 aromatic rings. The number of benzene rings is 1. The van der Waals surface area contributed by atoms with Gasteiger partial charge in [0.1, 0.15) is 0 Å². The molecule has 0 aromatic heterocycles. The third kappa shape index (κ3) is 1.77. The summed E-state index contributed by atoms with van der Waals surface area (Å²) in [6.07, 6.45) is 0. The molecule has 2 nitrogen and oxygen atoms in total. The Kier molecular flexibility index (Phi) is 2.21. The van der Waals surface area contributed by atoms with Crippen LogP contribution in [0.15, 0.2) is 24.3 Å². The Morgan fingerprint density at radius 3 is 2.36 bits per heavy atom. The van der Waals surface area contributed by atoms with Crippen molar-refractivity contribution >= 4 is 11.5 Å². The van der Waals surface area contributed by atoms with Gasteiger partial charge in [0.25, 0.3) is 0 Å². The number of nitrogen functional groups attached to an aromatic ring is 1. The predicted molar refractivity (Wildman–Crippen MR) is 41.2 cm³/mol. The summed E-state index contributed by atoms with van der Waals surface area (Å²) in [7, 11) is 0. The van der Waals surface area contributed by atoms with Crippen LogP contribution in [0.2, 0.25) is 0 Å². The monoisotopic (exact) mass is 153 g/mol. The van der Waals surface area contributed by atoms with E-state index in [1.54, 1.807) is 12.1 Å². The van der Waals surface area contributed by atoms with Gasteiger partial charge in [0, 0.05) is 11.3 Å². The standard InChI is InChI=1S/C8H8FNO/c9-5-8(11)6-1-3-7(10)4-2-6/h1-4H,5,10H2. The molecule has 0 unspecified atom stereocenters. The molecular formula is C8H8FNO. The highest BCUT2D eigenvalue weighted by Gasteiger charge is 2.02. The van der Waals surface area contributed by atoms with Crippen molar-refractivity contribution in [2.24, 2.45) is 0 Å². The zero-order chi connectivity index (χ0) is 8.27. The van der Waals surface area contributed by atoms with E-state index < -0.39 is 12.5 Å². The fourth-order valence-corrected chi connectivity index (χ4v) is 0.746. The van der Waals surface area contributed by atoms with Gasteiger partial charge in [0.05, 0.1) is 0 Å². The van der Waals surface area contributed by atoms with Crippen molar-refractivity contribution < 1.29 is 9.18 Å². The number of halogens is 1. The molecule has 58 valence electrons. The molecule has 3 heteroatoms. The molecule has 0 aliphatic rings. The maximum Gasteiger partial charge on any atom is 0.193 e. The fraction of sp³-hybridized carbons (Fsp3) is 0.125. The SMILES string of the molecule is Nc1ccc(C(=O)CF)cc1. The second-order valence-electron chi connectivity index (χ2n) is 2.18. The van der Waals surface area contributed by atoms with Gasteiger partial charge in [-0.2, -0.15) is 0 Å². The van der Waals surface area contributed by atoms with Crippen LogP contribution in [-0.4, -0.2) is 12.5 Å². The number of nitrogens with two attached hydrogens (primary N) is 1. The van der Waals surface area contributed by atoms with E-state index in [-0.39, 0.29) is 0 Å². The Hall–Kier alpha value is -1.38. The summed E-state index contributed by atoms with van der Waals surface area (Å²) in [6.45, 7) is -0.954. The van der Waals surface area contributed by atoms with Gasteiger partial charge in [-0.25, -0.2) is 4.39 Å². The highest BCUT2D eigenvalue weighted by Crippen LogP contribution is 2.05. The number of ketones is 1. The molecule has 0 fully saturated rings. The predicted octanol–water partition coefficient (Wildman–Crippen LogP) is 1.42. The first kappa shape index (κ1) is 7.72. The van der Waals surface area contributed by atoms with Gasteiger partial charge >= 0.3 is 0 Å². The summed E-state index contributed by atoms with van der Waals surface area (Å²) in [5.41, 5.74) is 6.30. The second kappa shape index (κ2) is 3.14. The number of carbonyl (C=O) groups excluding carboxylic acids is 1. The first-order valence-electron chi connectivity index (χ1n) is 3.18. The van der Waals surface area contributed by atoms with Crippen LogP contribution < -0.4 is 5.73 Å². The first-order chi connectivity index (χ1) is 5.24. The molecule has 0 heterocycles. The van der Waals surface area contributed by atoms with Crippen molar-refractivity contribution in [3.8, 4) is 0 Å². The number of rotatable bonds is 2. The molecule has 0 radical (unpaired) electrons. The zero-order valence-corrected chi connectivity index (χ0v) is 5.88. The Morgan fingerprint density at radius 1 is 1.36 bits per heavy atom. The number of hydrogen-bond acceptors (Lipinski definition) is 2. The largest absolute Gasteiger partial charge is 0.399 e. The number of alkyl halides is 1. The van der Waals surface area contributed by atoms with Gasteiger partial charge in [0.2, 0.25) is 0 Å². The molecule has 1 aromatic carbocycles. The Bertz CT molecular complexity index is 255. The Balaban J connectivity index is 2.90. The maximum absolute atomic E-state index is 11.8. The van der Waals surface area contributed by atoms with E-state index in [9.17, 15) is 9.18 Å². The van der Waals surface area contributed by atoms with E-state index in [4.69, 9.17) is 5.73 Å². The van der Waals surface area contributed by atoms with Crippen LogP contribution in [0.1, 0.15) is 10.4 Å². The lowest BCUT2D eigenvalue weighted by Gasteiger charge is -1.95. The minimum atomic E-state index is -0.954. The molecular weight excluding hydrogens is 145 g/mol. The normalized spacial score (nSPS) is 9.55. The van der Waals surface area contributed by atoms with Gasteiger partial charge in [-0.1, -0.05) is 0 Å². The third-order valence-electron chi connectivity index (χ3n) is 1.35. The van der Waals surface area contributed by atoms with Gasteiger partial charge in [0.15, 0.2) is 12.5 Å². The van der Waals surface area contributed by atoms with Crippen LogP contribution in [0.4, 0.5) is 10.1 Å². The van der Waals surface area contributed by atoms with E-state index in [0.717, 1.165) is 0 Å². The summed E-state index contributed by atoms with van der Waals surface area (Å²) >= 11 is 0. The average Bonchev–Trinajstić information content (AvgIpc) is 2.05. The number of Topliss-reactive ketones (excluding diaryl/α,β-unsaturated/α-hetero) is 1. The van der Waals surface area contributed by atoms with Crippen molar-refractivity contribution in [2.75, 3.05) is 12.4 Å². The molecule has 0 bridgehead atoms. The van der Waals surface area contributed by atoms with Gasteiger partial charge in [-0.3, -0.25) is 4.79 Å². The quantitative estimate of drug-likeness (QED) is 0.515. The van der Waals surface area contributed by atoms with Crippen LogP contribution in [0, 0.1) is 0 Å². The fourth-order valence-electron chi connectivity index (χ4n) is 0.746. The van der Waals surface area contributed by atoms with Crippen LogP contribution in [0.25, 0.3) is 0 Å². The van der Waals surface area contributed by atoms with Crippen LogP contribution in [0.3, 0.4) is 0 Å². The van der Waals surface area contributed by atoms with Crippen molar-refractivity contribution in [1.29, 1.82) is 0 Å². The zero-order valence-electron chi connectivity index (χ0n) is 5.88. The van der Waals surface area contributed by atoms with Crippen LogP contribution in [0.5, 0.6) is 0 Å². The summed E-state index contributed by atoms with van der Waals surface area (Å²) in [5, 5.41) is 0. The molecule has 0 aliphatic heterocycles. The molecule has 0 saturated heterocycles. The second-order valence-corrected chi connectivity index (χ2v) is 2.18. The Morgan fingerprint density at radius 2 is 1.91 bits per heavy atom. The number of carbonyl (C=O) groups is 1. The Labute approximate surface area is 63.8 Å². The van der Waals surface area contributed by atoms with E-state index in [0.29, 0.717) is 11.3 Å². The van der Waals surface area contributed by atoms with Gasteiger partial charge in [-0.05, 0) is 24.3 Å². The topological polar surface area (TPSA) is 43.1 Å². The highest BCUT2D eigenvalue weighted by atomic mass is 19.1. The van der Waals surface area contributed by atoms with Crippen molar-refractivity contribution in [3.05, 3.63) is 29.8 Å². The molecule has 11 heavy (non-hydrogen) atoms. The number of anilines is 1. The lowest BCUT2D eigenvalue weighted by atomic mass is 10.1. The molecule has 0 saturated carbocycles. The summed E-state index contributed by atoms with van der Waals surface area (Å²) < 4.78 is 11.8. The van der Waals surface area contributed by atoms with E-state index >= 15 is 0 Å². The smallest absolute Gasteiger partial charge is 0.193 e. The lowest BCUT2D eigenvalue weighted by molar-refractivity contribution is 0.0959. The molecule has 0 spiro atoms. The molecule has 1 rings (SSSR count). The molecule has 2 N–H and O–H groups in total. The van der Waals surface area contributed by atoms with Crippen molar-refractivity contribution in [3.63, 3.8) is 0 Å². The number of hydrogen-bond donors (Lipinski definition) is 1. The van der Waals surface area contributed by atoms with Crippen molar-refractivity contribution in [1.82, 2.24) is 0 Å². The minimum Gasteiger partial charge on any atom is -0.399 e.